The molecule has 8 N–H and O–H groups in total. The van der Waals surface area contributed by atoms with Crippen molar-refractivity contribution in [3.63, 3.8) is 0 Å². The van der Waals surface area contributed by atoms with Gasteiger partial charge in [0.05, 0.1) is 6.61 Å². The summed E-state index contributed by atoms with van der Waals surface area (Å²) in [6.45, 7) is 0.832. The number of hydrogen-bond acceptors (Lipinski definition) is 6. The van der Waals surface area contributed by atoms with Crippen molar-refractivity contribution in [2.24, 2.45) is 16.5 Å². The number of aliphatic carboxylic acids is 1. The molecule has 0 saturated carbocycles. The second kappa shape index (κ2) is 7.98. The fraction of sp³-hybridized carbons (Fsp3) is 0.500. The fourth-order valence-electron chi connectivity index (χ4n) is 1.99. The normalized spacial score (nSPS) is 23.0. The molecule has 1 rings (SSSR count). The van der Waals surface area contributed by atoms with E-state index in [1.807, 2.05) is 0 Å². The van der Waals surface area contributed by atoms with Gasteiger partial charge in [-0.2, -0.15) is 0 Å². The number of carboxylic acids is 1. The van der Waals surface area contributed by atoms with Crippen molar-refractivity contribution < 1.29 is 29.3 Å². The number of carbonyl (C=O) groups is 3. The Morgan fingerprint density at radius 2 is 2.04 bits per heavy atom. The van der Waals surface area contributed by atoms with Crippen molar-refractivity contribution >= 4 is 23.7 Å². The Labute approximate surface area is 131 Å². The summed E-state index contributed by atoms with van der Waals surface area (Å²) in [4.78, 5) is 38.4. The van der Waals surface area contributed by atoms with Gasteiger partial charge in [-0.1, -0.05) is 0 Å². The Hall–Kier alpha value is -2.82. The van der Waals surface area contributed by atoms with Crippen molar-refractivity contribution in [2.45, 2.75) is 25.1 Å². The molecule has 23 heavy (non-hydrogen) atoms. The topological polar surface area (TPSA) is 189 Å². The van der Waals surface area contributed by atoms with Gasteiger partial charge in [-0.3, -0.25) is 9.59 Å². The summed E-state index contributed by atoms with van der Waals surface area (Å²) < 4.78 is 5.13. The molecule has 128 valence electrons. The molecule has 1 heterocycles. The molecule has 0 aliphatic carbocycles. The average molecular weight is 329 g/mol. The number of hydrogen-bond donors (Lipinski definition) is 6. The molecule has 11 heteroatoms. The first-order chi connectivity index (χ1) is 10.8. The van der Waals surface area contributed by atoms with Gasteiger partial charge in [0.2, 0.25) is 11.7 Å². The number of rotatable bonds is 6. The molecule has 0 fully saturated rings. The molecule has 3 atom stereocenters. The SMILES string of the molecule is CC(=O)N[C@@H]1[C@@H](N=C(N)N)C=C(C(=O)O)O[C@H]1C(=O)NCCO. The van der Waals surface area contributed by atoms with Crippen LogP contribution in [0.3, 0.4) is 0 Å². The van der Waals surface area contributed by atoms with E-state index in [1.165, 1.54) is 6.92 Å². The minimum Gasteiger partial charge on any atom is -0.475 e. The number of nitrogens with one attached hydrogen (secondary N) is 2. The van der Waals surface area contributed by atoms with Crippen molar-refractivity contribution in [1.82, 2.24) is 10.6 Å². The number of carbonyl (C=O) groups excluding carboxylic acids is 2. The summed E-state index contributed by atoms with van der Waals surface area (Å²) in [5.74, 6) is -3.49. The smallest absolute Gasteiger partial charge is 0.370 e. The molecule has 0 aromatic carbocycles. The summed E-state index contributed by atoms with van der Waals surface area (Å²) in [6.07, 6.45) is -0.284. The molecular formula is C12H19N5O6. The molecule has 2 amide bonds. The minimum atomic E-state index is -1.41. The molecular weight excluding hydrogens is 310 g/mol. The number of aliphatic hydroxyl groups is 1. The zero-order valence-corrected chi connectivity index (χ0v) is 12.4. The number of carboxylic acid groups (broad SMARTS) is 1. The van der Waals surface area contributed by atoms with Gasteiger partial charge in [-0.15, -0.1) is 0 Å². The van der Waals surface area contributed by atoms with Crippen molar-refractivity contribution in [3.05, 3.63) is 11.8 Å². The summed E-state index contributed by atoms with van der Waals surface area (Å²) in [5.41, 5.74) is 10.6. The van der Waals surface area contributed by atoms with E-state index in [1.54, 1.807) is 0 Å². The molecule has 0 saturated heterocycles. The van der Waals surface area contributed by atoms with E-state index in [-0.39, 0.29) is 19.1 Å². The zero-order valence-electron chi connectivity index (χ0n) is 12.4. The van der Waals surface area contributed by atoms with E-state index in [0.717, 1.165) is 6.08 Å². The van der Waals surface area contributed by atoms with Gasteiger partial charge < -0.3 is 37.1 Å². The first-order valence-corrected chi connectivity index (χ1v) is 6.62. The van der Waals surface area contributed by atoms with Crippen LogP contribution in [0.15, 0.2) is 16.8 Å². The minimum absolute atomic E-state index is 0.0649. The largest absolute Gasteiger partial charge is 0.475 e. The number of amides is 2. The van der Waals surface area contributed by atoms with Crippen molar-refractivity contribution in [2.75, 3.05) is 13.2 Å². The molecule has 1 aliphatic rings. The first-order valence-electron chi connectivity index (χ1n) is 6.62. The molecule has 11 nitrogen and oxygen atoms in total. The molecule has 0 aromatic heterocycles. The third-order valence-electron chi connectivity index (χ3n) is 2.82. The summed E-state index contributed by atoms with van der Waals surface area (Å²) in [7, 11) is 0. The number of ether oxygens (including phenoxy) is 1. The van der Waals surface area contributed by atoms with Gasteiger partial charge in [0.15, 0.2) is 12.1 Å². The number of guanidine groups is 1. The lowest BCUT2D eigenvalue weighted by Crippen LogP contribution is -2.58. The molecule has 1 aliphatic heterocycles. The van der Waals surface area contributed by atoms with Gasteiger partial charge >= 0.3 is 5.97 Å². The van der Waals surface area contributed by atoms with E-state index in [9.17, 15) is 14.4 Å². The number of nitrogens with zero attached hydrogens (tertiary/aromatic N) is 1. The fourth-order valence-corrected chi connectivity index (χ4v) is 1.99. The highest BCUT2D eigenvalue weighted by Crippen LogP contribution is 2.21. The molecule has 0 unspecified atom stereocenters. The molecule has 0 spiro atoms. The van der Waals surface area contributed by atoms with Gasteiger partial charge in [0, 0.05) is 13.5 Å². The van der Waals surface area contributed by atoms with Gasteiger partial charge in [-0.25, -0.2) is 9.79 Å². The van der Waals surface area contributed by atoms with E-state index < -0.39 is 41.7 Å². The summed E-state index contributed by atoms with van der Waals surface area (Å²) in [5, 5.41) is 22.6. The Kier molecular flexibility index (Phi) is 6.33. The van der Waals surface area contributed by atoms with Crippen LogP contribution < -0.4 is 22.1 Å². The third-order valence-corrected chi connectivity index (χ3v) is 2.82. The Morgan fingerprint density at radius 1 is 1.39 bits per heavy atom. The number of aliphatic imine (C=N–C) groups is 1. The van der Waals surface area contributed by atoms with Crippen LogP contribution in [0.1, 0.15) is 6.92 Å². The average Bonchev–Trinajstić information content (AvgIpc) is 2.44. The lowest BCUT2D eigenvalue weighted by Gasteiger charge is -2.34. The Bertz CT molecular complexity index is 542. The predicted molar refractivity (Wildman–Crippen MR) is 77.9 cm³/mol. The first kappa shape index (κ1) is 18.2. The van der Waals surface area contributed by atoms with E-state index in [4.69, 9.17) is 26.4 Å². The van der Waals surface area contributed by atoms with Gasteiger partial charge in [0.1, 0.15) is 12.1 Å². The molecule has 0 radical (unpaired) electrons. The van der Waals surface area contributed by atoms with E-state index in [0.29, 0.717) is 0 Å². The van der Waals surface area contributed by atoms with E-state index in [2.05, 4.69) is 15.6 Å². The van der Waals surface area contributed by atoms with Gasteiger partial charge in [0.25, 0.3) is 5.91 Å². The van der Waals surface area contributed by atoms with Crippen LogP contribution in [0.2, 0.25) is 0 Å². The van der Waals surface area contributed by atoms with Crippen LogP contribution in [0, 0.1) is 0 Å². The highest BCUT2D eigenvalue weighted by Gasteiger charge is 2.41. The second-order valence-electron chi connectivity index (χ2n) is 4.66. The Morgan fingerprint density at radius 3 is 2.52 bits per heavy atom. The highest BCUT2D eigenvalue weighted by molar-refractivity contribution is 5.89. The maximum absolute atomic E-state index is 12.1. The van der Waals surface area contributed by atoms with Crippen molar-refractivity contribution in [3.8, 4) is 0 Å². The van der Waals surface area contributed by atoms with E-state index >= 15 is 0 Å². The van der Waals surface area contributed by atoms with Crippen LogP contribution in [-0.2, 0) is 19.1 Å². The van der Waals surface area contributed by atoms with Crippen LogP contribution in [0.4, 0.5) is 0 Å². The quantitative estimate of drug-likeness (QED) is 0.215. The van der Waals surface area contributed by atoms with Crippen LogP contribution in [-0.4, -0.2) is 65.3 Å². The van der Waals surface area contributed by atoms with Crippen LogP contribution in [0.25, 0.3) is 0 Å². The number of aliphatic hydroxyl groups excluding tert-OH is 1. The van der Waals surface area contributed by atoms with Crippen LogP contribution >= 0.6 is 0 Å². The molecule has 0 bridgehead atoms. The Balaban J connectivity index is 3.20. The lowest BCUT2D eigenvalue weighted by molar-refractivity contribution is -0.143. The van der Waals surface area contributed by atoms with Crippen molar-refractivity contribution in [1.29, 1.82) is 0 Å². The second-order valence-corrected chi connectivity index (χ2v) is 4.66. The zero-order chi connectivity index (χ0) is 17.6. The highest BCUT2D eigenvalue weighted by atomic mass is 16.5. The summed E-state index contributed by atoms with van der Waals surface area (Å²) >= 11 is 0. The maximum atomic E-state index is 12.1. The third kappa shape index (κ3) is 5.14. The standard InChI is InChI=1S/C12H19N5O6/c1-5(19)16-8-6(17-12(13)14)4-7(11(21)22)23-9(8)10(20)15-2-3-18/h4,6,8-9,18H,2-3H2,1H3,(H,15,20)(H,16,19)(H,21,22)(H4,13,14,17)/t6-,8+,9+/m0/s1. The molecule has 0 aromatic rings. The maximum Gasteiger partial charge on any atom is 0.370 e. The van der Waals surface area contributed by atoms with Gasteiger partial charge in [-0.05, 0) is 6.08 Å². The monoisotopic (exact) mass is 329 g/mol. The van der Waals surface area contributed by atoms with Crippen LogP contribution in [0.5, 0.6) is 0 Å². The summed E-state index contributed by atoms with van der Waals surface area (Å²) in [6, 6.07) is -2.02. The predicted octanol–water partition coefficient (Wildman–Crippen LogP) is -3.39. The lowest BCUT2D eigenvalue weighted by atomic mass is 9.97. The number of nitrogens with two attached hydrogens (primary N) is 2.